The summed E-state index contributed by atoms with van der Waals surface area (Å²) in [6.45, 7) is 0. The van der Waals surface area contributed by atoms with Crippen LogP contribution in [0, 0.1) is 0 Å². The highest BCUT2D eigenvalue weighted by Crippen LogP contribution is 2.34. The molecular formula is C25H25ClN2O7S. The highest BCUT2D eigenvalue weighted by molar-refractivity contribution is 7.89. The first kappa shape index (κ1) is 27.0. The zero-order chi connectivity index (χ0) is 26.3. The first-order valence-electron chi connectivity index (χ1n) is 10.7. The van der Waals surface area contributed by atoms with Crippen LogP contribution in [0.4, 0.5) is 5.69 Å². The Bertz CT molecular complexity index is 1330. The highest BCUT2D eigenvalue weighted by atomic mass is 35.5. The molecule has 0 fully saturated rings. The maximum absolute atomic E-state index is 13.4. The topological polar surface area (TPSA) is 120 Å². The Morgan fingerprint density at radius 1 is 0.917 bits per heavy atom. The largest absolute Gasteiger partial charge is 0.493 e. The van der Waals surface area contributed by atoms with Gasteiger partial charge in [-0.3, -0.25) is 4.79 Å². The third-order valence-electron chi connectivity index (χ3n) is 5.21. The first-order valence-corrected chi connectivity index (χ1v) is 12.5. The Labute approximate surface area is 214 Å². The van der Waals surface area contributed by atoms with Crippen molar-refractivity contribution >= 4 is 39.2 Å². The fraction of sp³-hybridized carbons (Fsp3) is 0.200. The minimum atomic E-state index is -4.09. The molecule has 11 heteroatoms. The van der Waals surface area contributed by atoms with Gasteiger partial charge in [0.1, 0.15) is 6.04 Å². The summed E-state index contributed by atoms with van der Waals surface area (Å²) in [5.74, 6) is -0.927. The standard InChI is InChI=1S/C25H25ClN2O7S/c1-33-22-14-19(25(30)35-3)20(15-23(22)34-2)27-24(29)21(13-16-7-5-4-6-8-16)28-36(31,32)18-11-9-17(26)10-12-18/h4-12,14-15,21,28H,13H2,1-3H3,(H,27,29)/t21-/m0/s1. The van der Waals surface area contributed by atoms with E-state index in [9.17, 15) is 18.0 Å². The van der Waals surface area contributed by atoms with Gasteiger partial charge in [0, 0.05) is 17.2 Å². The fourth-order valence-corrected chi connectivity index (χ4v) is 4.71. The Kier molecular flexibility index (Phi) is 8.92. The second-order valence-corrected chi connectivity index (χ2v) is 9.70. The van der Waals surface area contributed by atoms with Gasteiger partial charge in [0.05, 0.1) is 37.5 Å². The molecule has 1 atom stereocenters. The van der Waals surface area contributed by atoms with Crippen molar-refractivity contribution in [2.75, 3.05) is 26.6 Å². The fourth-order valence-electron chi connectivity index (χ4n) is 3.39. The second-order valence-electron chi connectivity index (χ2n) is 7.55. The average molecular weight is 533 g/mol. The Balaban J connectivity index is 1.98. The summed E-state index contributed by atoms with van der Waals surface area (Å²) < 4.78 is 43.9. The lowest BCUT2D eigenvalue weighted by atomic mass is 10.1. The van der Waals surface area contributed by atoms with Crippen LogP contribution in [0.5, 0.6) is 11.5 Å². The number of carbonyl (C=O) groups excluding carboxylic acids is 2. The summed E-state index contributed by atoms with van der Waals surface area (Å²) in [6.07, 6.45) is 0.0420. The van der Waals surface area contributed by atoms with Gasteiger partial charge in [0.2, 0.25) is 15.9 Å². The number of hydrogen-bond acceptors (Lipinski definition) is 7. The van der Waals surface area contributed by atoms with E-state index in [0.717, 1.165) is 5.56 Å². The summed E-state index contributed by atoms with van der Waals surface area (Å²) in [4.78, 5) is 25.8. The molecule has 2 N–H and O–H groups in total. The minimum Gasteiger partial charge on any atom is -0.493 e. The van der Waals surface area contributed by atoms with E-state index in [2.05, 4.69) is 10.0 Å². The van der Waals surface area contributed by atoms with Gasteiger partial charge in [-0.25, -0.2) is 13.2 Å². The Morgan fingerprint density at radius 2 is 1.53 bits per heavy atom. The number of methoxy groups -OCH3 is 3. The maximum Gasteiger partial charge on any atom is 0.340 e. The van der Waals surface area contributed by atoms with Crippen molar-refractivity contribution in [3.05, 3.63) is 82.9 Å². The van der Waals surface area contributed by atoms with Crippen LogP contribution in [-0.4, -0.2) is 47.7 Å². The van der Waals surface area contributed by atoms with Crippen molar-refractivity contribution in [2.45, 2.75) is 17.4 Å². The number of halogens is 1. The molecule has 3 aromatic carbocycles. The molecular weight excluding hydrogens is 508 g/mol. The molecule has 1 amide bonds. The van der Waals surface area contributed by atoms with E-state index < -0.39 is 27.9 Å². The molecule has 190 valence electrons. The van der Waals surface area contributed by atoms with Crippen molar-refractivity contribution in [1.29, 1.82) is 0 Å². The second kappa shape index (κ2) is 11.9. The molecule has 0 saturated carbocycles. The van der Waals surface area contributed by atoms with Gasteiger partial charge in [0.25, 0.3) is 0 Å². The SMILES string of the molecule is COC(=O)c1cc(OC)c(OC)cc1NC(=O)[C@H](Cc1ccccc1)NS(=O)(=O)c1ccc(Cl)cc1. The molecule has 36 heavy (non-hydrogen) atoms. The zero-order valence-electron chi connectivity index (χ0n) is 19.8. The number of esters is 1. The van der Waals surface area contributed by atoms with Crippen LogP contribution in [0.25, 0.3) is 0 Å². The van der Waals surface area contributed by atoms with E-state index in [1.165, 1.54) is 57.7 Å². The number of amides is 1. The first-order chi connectivity index (χ1) is 17.2. The molecule has 3 aromatic rings. The van der Waals surface area contributed by atoms with Gasteiger partial charge >= 0.3 is 5.97 Å². The van der Waals surface area contributed by atoms with Crippen LogP contribution >= 0.6 is 11.6 Å². The number of anilines is 1. The highest BCUT2D eigenvalue weighted by Gasteiger charge is 2.28. The molecule has 0 aliphatic heterocycles. The lowest BCUT2D eigenvalue weighted by Crippen LogP contribution is -2.45. The van der Waals surface area contributed by atoms with Gasteiger partial charge in [0.15, 0.2) is 11.5 Å². The van der Waals surface area contributed by atoms with E-state index in [1.807, 2.05) is 6.07 Å². The third-order valence-corrected chi connectivity index (χ3v) is 6.95. The number of rotatable bonds is 10. The summed E-state index contributed by atoms with van der Waals surface area (Å²) in [7, 11) is -0.0927. The predicted octanol–water partition coefficient (Wildman–Crippen LogP) is 3.67. The van der Waals surface area contributed by atoms with E-state index in [0.29, 0.717) is 5.02 Å². The Hall–Kier alpha value is -3.60. The molecule has 0 unspecified atom stereocenters. The summed E-state index contributed by atoms with van der Waals surface area (Å²) >= 11 is 5.88. The van der Waals surface area contributed by atoms with E-state index in [4.69, 9.17) is 25.8 Å². The third kappa shape index (κ3) is 6.54. The van der Waals surface area contributed by atoms with Crippen LogP contribution in [0.15, 0.2) is 71.6 Å². The molecule has 0 radical (unpaired) electrons. The van der Waals surface area contributed by atoms with Gasteiger partial charge in [-0.1, -0.05) is 41.9 Å². The molecule has 3 rings (SSSR count). The molecule has 0 aromatic heterocycles. The number of sulfonamides is 1. The van der Waals surface area contributed by atoms with Gasteiger partial charge < -0.3 is 19.5 Å². The van der Waals surface area contributed by atoms with Crippen LogP contribution in [0.1, 0.15) is 15.9 Å². The van der Waals surface area contributed by atoms with Crippen LogP contribution in [0.3, 0.4) is 0 Å². The van der Waals surface area contributed by atoms with Crippen molar-refractivity contribution in [2.24, 2.45) is 0 Å². The van der Waals surface area contributed by atoms with Crippen LogP contribution in [0.2, 0.25) is 5.02 Å². The number of hydrogen-bond donors (Lipinski definition) is 2. The molecule has 0 saturated heterocycles. The van der Waals surface area contributed by atoms with E-state index in [1.54, 1.807) is 24.3 Å². The van der Waals surface area contributed by atoms with Crippen molar-refractivity contribution < 1.29 is 32.2 Å². The van der Waals surface area contributed by atoms with Crippen molar-refractivity contribution in [3.8, 4) is 11.5 Å². The molecule has 0 aliphatic carbocycles. The monoisotopic (exact) mass is 532 g/mol. The van der Waals surface area contributed by atoms with Gasteiger partial charge in [-0.2, -0.15) is 4.72 Å². The lowest BCUT2D eigenvalue weighted by molar-refractivity contribution is -0.117. The van der Waals surface area contributed by atoms with Crippen LogP contribution in [-0.2, 0) is 26.0 Å². The maximum atomic E-state index is 13.4. The molecule has 0 aliphatic rings. The smallest absolute Gasteiger partial charge is 0.340 e. The number of ether oxygens (including phenoxy) is 3. The molecule has 0 bridgehead atoms. The zero-order valence-corrected chi connectivity index (χ0v) is 21.4. The molecule has 9 nitrogen and oxygen atoms in total. The number of benzene rings is 3. The summed E-state index contributed by atoms with van der Waals surface area (Å²) in [6, 6.07) is 16.0. The minimum absolute atomic E-state index is 0.00233. The van der Waals surface area contributed by atoms with Gasteiger partial charge in [-0.05, 0) is 36.2 Å². The predicted molar refractivity (Wildman–Crippen MR) is 135 cm³/mol. The summed E-state index contributed by atoms with van der Waals surface area (Å²) in [5, 5.41) is 3.00. The quantitative estimate of drug-likeness (QED) is 0.382. The number of nitrogens with one attached hydrogen (secondary N) is 2. The van der Waals surface area contributed by atoms with Crippen molar-refractivity contribution in [3.63, 3.8) is 0 Å². The van der Waals surface area contributed by atoms with E-state index in [-0.39, 0.29) is 34.1 Å². The number of carbonyl (C=O) groups is 2. The Morgan fingerprint density at radius 3 is 2.11 bits per heavy atom. The average Bonchev–Trinajstić information content (AvgIpc) is 2.88. The molecule has 0 heterocycles. The molecule has 0 spiro atoms. The lowest BCUT2D eigenvalue weighted by Gasteiger charge is -2.20. The van der Waals surface area contributed by atoms with E-state index >= 15 is 0 Å². The summed E-state index contributed by atoms with van der Waals surface area (Å²) in [5.41, 5.74) is 0.785. The van der Waals surface area contributed by atoms with Crippen LogP contribution < -0.4 is 19.5 Å². The normalized spacial score (nSPS) is 11.9. The van der Waals surface area contributed by atoms with Crippen molar-refractivity contribution in [1.82, 2.24) is 4.72 Å². The van der Waals surface area contributed by atoms with Gasteiger partial charge in [-0.15, -0.1) is 0 Å².